The zero-order valence-corrected chi connectivity index (χ0v) is 22.5. The Balaban J connectivity index is 1.08. The van der Waals surface area contributed by atoms with Crippen molar-refractivity contribution in [2.75, 3.05) is 49.1 Å². The van der Waals surface area contributed by atoms with Gasteiger partial charge >= 0.3 is 0 Å². The molecular weight excluding hydrogens is 522 g/mol. The van der Waals surface area contributed by atoms with Gasteiger partial charge in [0, 0.05) is 73.5 Å². The van der Waals surface area contributed by atoms with Crippen LogP contribution in [0.2, 0.25) is 5.02 Å². The topological polar surface area (TPSA) is 77.1 Å². The van der Waals surface area contributed by atoms with Crippen molar-refractivity contribution < 1.29 is 14.4 Å². The third kappa shape index (κ3) is 4.93. The summed E-state index contributed by atoms with van der Waals surface area (Å²) < 4.78 is 0. The van der Waals surface area contributed by atoms with Gasteiger partial charge in [-0.25, -0.2) is 4.98 Å². The molecule has 1 aromatic heterocycles. The van der Waals surface area contributed by atoms with Gasteiger partial charge in [0.1, 0.15) is 5.69 Å². The fourth-order valence-electron chi connectivity index (χ4n) is 5.64. The highest BCUT2D eigenvalue weighted by Gasteiger charge is 2.37. The average molecular weight is 550 g/mol. The number of nitrogens with zero attached hydrogens (tertiary/aromatic N) is 5. The summed E-state index contributed by atoms with van der Waals surface area (Å²) in [5.41, 5.74) is 6.03. The lowest BCUT2D eigenvalue weighted by Crippen LogP contribution is -2.52. The predicted molar refractivity (Wildman–Crippen MR) is 148 cm³/mol. The average Bonchev–Trinajstić information content (AvgIpc) is 3.69. The van der Waals surface area contributed by atoms with Crippen LogP contribution in [-0.2, 0) is 22.4 Å². The summed E-state index contributed by atoms with van der Waals surface area (Å²) in [6, 6.07) is 13.5. The first-order valence-corrected chi connectivity index (χ1v) is 14.2. The van der Waals surface area contributed by atoms with Crippen LogP contribution in [0.4, 0.5) is 11.4 Å². The molecule has 196 valence electrons. The molecule has 0 aliphatic carbocycles. The van der Waals surface area contributed by atoms with Gasteiger partial charge in [0.15, 0.2) is 0 Å². The minimum Gasteiger partial charge on any atom is -0.335 e. The van der Waals surface area contributed by atoms with Gasteiger partial charge in [0.05, 0.1) is 11.9 Å². The van der Waals surface area contributed by atoms with Gasteiger partial charge in [-0.15, -0.1) is 11.3 Å². The van der Waals surface area contributed by atoms with Crippen molar-refractivity contribution in [1.82, 2.24) is 14.8 Å². The molecule has 8 nitrogen and oxygen atoms in total. The van der Waals surface area contributed by atoms with Crippen molar-refractivity contribution in [3.63, 3.8) is 0 Å². The molecule has 0 N–H and O–H groups in total. The van der Waals surface area contributed by atoms with E-state index in [-0.39, 0.29) is 23.8 Å². The van der Waals surface area contributed by atoms with E-state index >= 15 is 0 Å². The quantitative estimate of drug-likeness (QED) is 0.487. The van der Waals surface area contributed by atoms with Crippen LogP contribution >= 0.6 is 22.9 Å². The number of rotatable bonds is 5. The summed E-state index contributed by atoms with van der Waals surface area (Å²) in [6.07, 6.45) is 1.58. The van der Waals surface area contributed by atoms with Gasteiger partial charge in [-0.3, -0.25) is 19.3 Å². The van der Waals surface area contributed by atoms with Gasteiger partial charge < -0.3 is 14.7 Å². The molecule has 0 radical (unpaired) electrons. The van der Waals surface area contributed by atoms with E-state index in [1.54, 1.807) is 23.0 Å². The predicted octanol–water partition coefficient (Wildman–Crippen LogP) is 3.49. The van der Waals surface area contributed by atoms with Crippen molar-refractivity contribution in [1.29, 1.82) is 0 Å². The highest BCUT2D eigenvalue weighted by atomic mass is 35.5. The molecule has 0 saturated carbocycles. The fraction of sp³-hybridized carbons (Fsp3) is 0.357. The minimum atomic E-state index is -0.0196. The van der Waals surface area contributed by atoms with Crippen molar-refractivity contribution in [3.8, 4) is 0 Å². The minimum absolute atomic E-state index is 0.0196. The summed E-state index contributed by atoms with van der Waals surface area (Å²) in [6.45, 7) is 4.05. The van der Waals surface area contributed by atoms with Crippen LogP contribution in [0.3, 0.4) is 0 Å². The molecule has 0 spiro atoms. The van der Waals surface area contributed by atoms with E-state index in [1.165, 1.54) is 11.3 Å². The summed E-state index contributed by atoms with van der Waals surface area (Å²) in [5, 5.41) is 2.44. The Kier molecular flexibility index (Phi) is 6.90. The molecule has 0 bridgehead atoms. The highest BCUT2D eigenvalue weighted by molar-refractivity contribution is 7.07. The van der Waals surface area contributed by atoms with Gasteiger partial charge in [0.2, 0.25) is 11.8 Å². The lowest BCUT2D eigenvalue weighted by Gasteiger charge is -2.37. The largest absolute Gasteiger partial charge is 0.335 e. The maximum absolute atomic E-state index is 13.0. The molecule has 2 fully saturated rings. The molecule has 6 rings (SSSR count). The molecule has 1 atom stereocenters. The Morgan fingerprint density at radius 2 is 1.82 bits per heavy atom. The van der Waals surface area contributed by atoms with Crippen molar-refractivity contribution >= 4 is 52.0 Å². The first kappa shape index (κ1) is 25.0. The molecule has 10 heteroatoms. The maximum atomic E-state index is 13.0. The van der Waals surface area contributed by atoms with Crippen LogP contribution in [0.15, 0.2) is 53.4 Å². The Morgan fingerprint density at radius 1 is 1.03 bits per heavy atom. The third-order valence-corrected chi connectivity index (χ3v) is 8.55. The van der Waals surface area contributed by atoms with Crippen LogP contribution in [0.1, 0.15) is 28.0 Å². The van der Waals surface area contributed by atoms with Crippen LogP contribution in [0.25, 0.3) is 0 Å². The van der Waals surface area contributed by atoms with Crippen molar-refractivity contribution in [2.24, 2.45) is 0 Å². The molecule has 3 amide bonds. The summed E-state index contributed by atoms with van der Waals surface area (Å²) >= 11 is 7.39. The summed E-state index contributed by atoms with van der Waals surface area (Å²) in [7, 11) is 0. The lowest BCUT2D eigenvalue weighted by molar-refractivity contribution is -0.118. The highest BCUT2D eigenvalue weighted by Crippen LogP contribution is 2.34. The molecule has 38 heavy (non-hydrogen) atoms. The van der Waals surface area contributed by atoms with E-state index in [4.69, 9.17) is 11.6 Å². The zero-order valence-electron chi connectivity index (χ0n) is 20.9. The van der Waals surface area contributed by atoms with Crippen LogP contribution < -0.4 is 9.80 Å². The Hall–Kier alpha value is -3.27. The number of amides is 3. The van der Waals surface area contributed by atoms with E-state index in [2.05, 4.69) is 16.0 Å². The van der Waals surface area contributed by atoms with E-state index < -0.39 is 0 Å². The lowest BCUT2D eigenvalue weighted by atomic mass is 10.1. The number of anilines is 2. The van der Waals surface area contributed by atoms with Gasteiger partial charge in [-0.05, 0) is 47.9 Å². The van der Waals surface area contributed by atoms with Gasteiger partial charge in [-0.1, -0.05) is 23.7 Å². The Labute approximate surface area is 230 Å². The second-order valence-corrected chi connectivity index (χ2v) is 11.1. The Morgan fingerprint density at radius 3 is 2.55 bits per heavy atom. The monoisotopic (exact) mass is 549 g/mol. The standard InChI is InChI=1S/C28H28ClN5O3S/c29-21-3-1-19(2-4-21)13-26(35)33-8-7-20-14-22(5-6-25(20)33)34-16-23(15-27(34)36)31-9-11-32(12-10-31)28(37)24-17-38-18-30-24/h1-6,14,17-18,23H,7-13,15-16H2/t23-/m1/s1. The zero-order chi connectivity index (χ0) is 26.2. The normalized spacial score (nSPS) is 19.8. The van der Waals surface area contributed by atoms with Crippen LogP contribution in [0.5, 0.6) is 0 Å². The molecule has 0 unspecified atom stereocenters. The second-order valence-electron chi connectivity index (χ2n) is 9.98. The number of carbonyl (C=O) groups excluding carboxylic acids is 3. The number of thiazole rings is 1. The fourth-order valence-corrected chi connectivity index (χ4v) is 6.29. The van der Waals surface area contributed by atoms with Gasteiger partial charge in [0.25, 0.3) is 5.91 Å². The van der Waals surface area contributed by atoms with Crippen molar-refractivity contribution in [3.05, 3.63) is 75.2 Å². The Bertz CT molecular complexity index is 1360. The molecule has 3 aliphatic heterocycles. The first-order valence-electron chi connectivity index (χ1n) is 12.9. The molecule has 3 aromatic rings. The first-order chi connectivity index (χ1) is 18.5. The third-order valence-electron chi connectivity index (χ3n) is 7.71. The number of hydrogen-bond donors (Lipinski definition) is 0. The number of fused-ring (bicyclic) bond motifs is 1. The summed E-state index contributed by atoms with van der Waals surface area (Å²) in [4.78, 5) is 50.6. The molecule has 4 heterocycles. The van der Waals surface area contributed by atoms with Gasteiger partial charge in [-0.2, -0.15) is 0 Å². The smallest absolute Gasteiger partial charge is 0.273 e. The number of halogens is 1. The summed E-state index contributed by atoms with van der Waals surface area (Å²) in [5.74, 6) is 0.155. The van der Waals surface area contributed by atoms with E-state index in [1.807, 2.05) is 39.0 Å². The van der Waals surface area contributed by atoms with Crippen molar-refractivity contribution in [2.45, 2.75) is 25.3 Å². The molecular formula is C28H28ClN5O3S. The number of carbonyl (C=O) groups is 3. The SMILES string of the molecule is O=C(c1cscn1)N1CCN([C@@H]2CC(=O)N(c3ccc4c(c3)CCN4C(=O)Cc3ccc(Cl)cc3)C2)CC1. The van der Waals surface area contributed by atoms with Crippen LogP contribution in [-0.4, -0.2) is 77.8 Å². The number of piperazine rings is 1. The second kappa shape index (κ2) is 10.5. The maximum Gasteiger partial charge on any atom is 0.273 e. The number of hydrogen-bond acceptors (Lipinski definition) is 6. The van der Waals surface area contributed by atoms with Crippen LogP contribution in [0, 0.1) is 0 Å². The molecule has 2 saturated heterocycles. The van der Waals surface area contributed by atoms with E-state index in [9.17, 15) is 14.4 Å². The van der Waals surface area contributed by atoms with E-state index in [0.29, 0.717) is 49.7 Å². The molecule has 2 aromatic carbocycles. The van der Waals surface area contributed by atoms with E-state index in [0.717, 1.165) is 42.0 Å². The number of benzene rings is 2. The number of aromatic nitrogens is 1. The molecule has 3 aliphatic rings.